The lowest BCUT2D eigenvalue weighted by atomic mass is 10.0. The van der Waals surface area contributed by atoms with Crippen LogP contribution in [0, 0.1) is 0 Å². The molecule has 1 atom stereocenters. The Morgan fingerprint density at radius 1 is 0.900 bits per heavy atom. The highest BCUT2D eigenvalue weighted by atomic mass is 32.2. The first kappa shape index (κ1) is 35.4. The number of methoxy groups -OCH3 is 4. The van der Waals surface area contributed by atoms with E-state index in [0.717, 1.165) is 10.3 Å². The first-order valence-corrected chi connectivity index (χ1v) is 16.9. The van der Waals surface area contributed by atoms with E-state index in [1.165, 1.54) is 58.8 Å². The van der Waals surface area contributed by atoms with Crippen molar-refractivity contribution in [2.24, 2.45) is 0 Å². The zero-order valence-electron chi connectivity index (χ0n) is 27.5. The highest BCUT2D eigenvalue weighted by Crippen LogP contribution is 2.36. The second kappa shape index (κ2) is 14.7. The molecule has 1 saturated heterocycles. The van der Waals surface area contributed by atoms with Crippen molar-refractivity contribution in [3.63, 3.8) is 0 Å². The molecular formula is C34H34N4O11S. The molecule has 3 aromatic rings. The molecular weight excluding hydrogens is 672 g/mol. The molecule has 0 aliphatic carbocycles. The van der Waals surface area contributed by atoms with Crippen molar-refractivity contribution in [3.05, 3.63) is 76.2 Å². The molecule has 3 aromatic carbocycles. The second-order valence-corrected chi connectivity index (χ2v) is 13.1. The summed E-state index contributed by atoms with van der Waals surface area (Å²) in [6.45, 7) is -0.327. The molecule has 16 heteroatoms. The monoisotopic (exact) mass is 706 g/mol. The number of nitrogens with one attached hydrogen (secondary N) is 3. The van der Waals surface area contributed by atoms with Gasteiger partial charge >= 0.3 is 0 Å². The molecule has 5 rings (SSSR count). The Bertz CT molecular complexity index is 2000. The molecule has 0 spiro atoms. The van der Waals surface area contributed by atoms with E-state index in [0.29, 0.717) is 39.8 Å². The van der Waals surface area contributed by atoms with E-state index in [1.807, 2.05) is 0 Å². The largest absolute Gasteiger partial charge is 0.496 e. The number of sulfone groups is 1. The van der Waals surface area contributed by atoms with Crippen molar-refractivity contribution in [2.45, 2.75) is 24.6 Å². The molecule has 0 bridgehead atoms. The molecule has 1 unspecified atom stereocenters. The predicted molar refractivity (Wildman–Crippen MR) is 181 cm³/mol. The van der Waals surface area contributed by atoms with Crippen LogP contribution in [0.5, 0.6) is 23.0 Å². The number of imide groups is 2. The van der Waals surface area contributed by atoms with Crippen molar-refractivity contribution < 1.29 is 51.3 Å². The summed E-state index contributed by atoms with van der Waals surface area (Å²) in [6.07, 6.45) is 1.34. The number of hydrogen-bond donors (Lipinski definition) is 3. The fourth-order valence-electron chi connectivity index (χ4n) is 5.62. The zero-order chi connectivity index (χ0) is 36.2. The number of ether oxygens (including phenoxy) is 4. The van der Waals surface area contributed by atoms with Crippen molar-refractivity contribution in [1.82, 2.24) is 10.2 Å². The van der Waals surface area contributed by atoms with Crippen molar-refractivity contribution in [2.75, 3.05) is 45.6 Å². The molecule has 262 valence electrons. The molecule has 3 N–H and O–H groups in total. The smallest absolute Gasteiger partial charge is 0.264 e. The van der Waals surface area contributed by atoms with Gasteiger partial charge in [0.05, 0.1) is 68.8 Å². The normalized spacial score (nSPS) is 15.8. The Morgan fingerprint density at radius 2 is 1.60 bits per heavy atom. The van der Waals surface area contributed by atoms with Gasteiger partial charge in [-0.3, -0.25) is 34.2 Å². The van der Waals surface area contributed by atoms with Crippen LogP contribution in [0.25, 0.3) is 6.08 Å². The van der Waals surface area contributed by atoms with Gasteiger partial charge in [0.1, 0.15) is 29.0 Å². The van der Waals surface area contributed by atoms with Gasteiger partial charge in [-0.25, -0.2) is 8.42 Å². The molecule has 2 aliphatic rings. The maximum Gasteiger partial charge on any atom is 0.264 e. The summed E-state index contributed by atoms with van der Waals surface area (Å²) in [5.74, 6) is -2.18. The number of anilines is 2. The van der Waals surface area contributed by atoms with E-state index >= 15 is 0 Å². The van der Waals surface area contributed by atoms with Gasteiger partial charge in [0.2, 0.25) is 17.7 Å². The topological polar surface area (TPSA) is 196 Å². The zero-order valence-corrected chi connectivity index (χ0v) is 28.3. The van der Waals surface area contributed by atoms with Gasteiger partial charge in [0, 0.05) is 24.0 Å². The van der Waals surface area contributed by atoms with Gasteiger partial charge in [-0.05, 0) is 42.3 Å². The molecule has 15 nitrogen and oxygen atoms in total. The summed E-state index contributed by atoms with van der Waals surface area (Å²) in [4.78, 5) is 64.3. The van der Waals surface area contributed by atoms with Gasteiger partial charge in [0.15, 0.2) is 9.84 Å². The summed E-state index contributed by atoms with van der Waals surface area (Å²) >= 11 is 0. The average molecular weight is 707 g/mol. The SMILES string of the molecule is COc1cc(OC)c(/C=C/S(=O)(=O)Cc2ccc(OC)c(NCC(=O)Nc3cccc4c3C(=O)N(C3CCC(=O)NC3=O)C4=O)c2)c(OC)c1. The maximum atomic E-state index is 13.4. The lowest BCUT2D eigenvalue weighted by molar-refractivity contribution is -0.136. The van der Waals surface area contributed by atoms with Crippen LogP contribution in [0.3, 0.4) is 0 Å². The van der Waals surface area contributed by atoms with Crippen molar-refractivity contribution in [3.8, 4) is 23.0 Å². The van der Waals surface area contributed by atoms with Crippen molar-refractivity contribution >= 4 is 56.8 Å². The fraction of sp³-hybridized carbons (Fsp3) is 0.265. The number of benzene rings is 3. The third kappa shape index (κ3) is 7.39. The van der Waals surface area contributed by atoms with Crippen molar-refractivity contribution in [1.29, 1.82) is 0 Å². The third-order valence-corrected chi connectivity index (χ3v) is 9.29. The molecule has 0 saturated carbocycles. The van der Waals surface area contributed by atoms with Gasteiger partial charge < -0.3 is 29.6 Å². The summed E-state index contributed by atoms with van der Waals surface area (Å²) in [5, 5.41) is 8.74. The highest BCUT2D eigenvalue weighted by molar-refractivity contribution is 7.93. The number of hydrogen-bond acceptors (Lipinski definition) is 12. The van der Waals surface area contributed by atoms with Gasteiger partial charge in [-0.15, -0.1) is 0 Å². The summed E-state index contributed by atoms with van der Waals surface area (Å²) in [7, 11) is 1.97. The number of nitrogens with zero attached hydrogens (tertiary/aromatic N) is 1. The Hall–Kier alpha value is -5.90. The molecule has 2 heterocycles. The predicted octanol–water partition coefficient (Wildman–Crippen LogP) is 2.76. The fourth-order valence-corrected chi connectivity index (χ4v) is 6.70. The van der Waals surface area contributed by atoms with Crippen LogP contribution in [0.4, 0.5) is 11.4 Å². The number of rotatable bonds is 13. The number of amides is 5. The van der Waals surface area contributed by atoms with Crippen LogP contribution in [0.1, 0.15) is 44.7 Å². The highest BCUT2D eigenvalue weighted by Gasteiger charge is 2.45. The Balaban J connectivity index is 1.28. The van der Waals surface area contributed by atoms with E-state index in [9.17, 15) is 32.4 Å². The van der Waals surface area contributed by atoms with Gasteiger partial charge in [-0.2, -0.15) is 0 Å². The lowest BCUT2D eigenvalue weighted by Crippen LogP contribution is -2.54. The molecule has 0 radical (unpaired) electrons. The summed E-state index contributed by atoms with van der Waals surface area (Å²) in [5.41, 5.74) is 1.13. The first-order chi connectivity index (χ1) is 23.9. The Kier molecular flexibility index (Phi) is 10.4. The van der Waals surface area contributed by atoms with Gasteiger partial charge in [-0.1, -0.05) is 12.1 Å². The van der Waals surface area contributed by atoms with E-state index in [4.69, 9.17) is 18.9 Å². The average Bonchev–Trinajstić information content (AvgIpc) is 3.35. The standard InChI is InChI=1S/C34H34N4O11S/c1-46-20-15-27(48-3)21(28(16-20)49-4)12-13-50(44,45)18-19-8-10-26(47-2)24(14-19)35-17-30(40)36-23-7-5-6-22-31(23)34(43)38(33(22)42)25-9-11-29(39)37-32(25)41/h5-8,10,12-16,25,35H,9,11,17-18H2,1-4H3,(H,36,40)(H,37,39,41)/b13-12+. The minimum Gasteiger partial charge on any atom is -0.496 e. The van der Waals surface area contributed by atoms with Crippen LogP contribution in [0.15, 0.2) is 53.9 Å². The number of carbonyl (C=O) groups is 5. The summed E-state index contributed by atoms with van der Waals surface area (Å²) in [6, 6.07) is 11.1. The minimum atomic E-state index is -3.82. The Morgan fingerprint density at radius 3 is 2.24 bits per heavy atom. The van der Waals surface area contributed by atoms with Crippen LogP contribution in [-0.4, -0.2) is 83.9 Å². The number of piperidine rings is 1. The van der Waals surface area contributed by atoms with E-state index in [-0.39, 0.29) is 42.0 Å². The molecule has 50 heavy (non-hydrogen) atoms. The van der Waals surface area contributed by atoms with E-state index < -0.39 is 45.4 Å². The second-order valence-electron chi connectivity index (χ2n) is 11.2. The molecule has 2 aliphatic heterocycles. The molecule has 5 amide bonds. The first-order valence-electron chi connectivity index (χ1n) is 15.2. The van der Waals surface area contributed by atoms with Crippen LogP contribution in [0.2, 0.25) is 0 Å². The van der Waals surface area contributed by atoms with Crippen LogP contribution < -0.4 is 34.9 Å². The van der Waals surface area contributed by atoms with Crippen LogP contribution >= 0.6 is 0 Å². The van der Waals surface area contributed by atoms with E-state index in [2.05, 4.69) is 16.0 Å². The lowest BCUT2D eigenvalue weighted by Gasteiger charge is -2.27. The maximum absolute atomic E-state index is 13.4. The number of fused-ring (bicyclic) bond motifs is 1. The quantitative estimate of drug-likeness (QED) is 0.220. The summed E-state index contributed by atoms with van der Waals surface area (Å²) < 4.78 is 47.7. The number of carbonyl (C=O) groups excluding carboxylic acids is 5. The minimum absolute atomic E-state index is 0.00754. The third-order valence-electron chi connectivity index (χ3n) is 8.01. The molecule has 0 aromatic heterocycles. The molecule has 1 fully saturated rings. The van der Waals surface area contributed by atoms with Gasteiger partial charge in [0.25, 0.3) is 11.8 Å². The van der Waals surface area contributed by atoms with E-state index in [1.54, 1.807) is 24.3 Å². The Labute approximate surface area is 287 Å². The van der Waals surface area contributed by atoms with Crippen LogP contribution in [-0.2, 0) is 30.0 Å².